The number of hydrogen-bond donors (Lipinski definition) is 1. The van der Waals surface area contributed by atoms with E-state index < -0.39 is 0 Å². The maximum absolute atomic E-state index is 13.0. The fourth-order valence-electron chi connectivity index (χ4n) is 2.47. The highest BCUT2D eigenvalue weighted by atomic mass is 19.1. The van der Waals surface area contributed by atoms with Gasteiger partial charge < -0.3 is 5.32 Å². The molecular weight excluding hydrogens is 307 g/mol. The first-order valence-corrected chi connectivity index (χ1v) is 7.55. The standard InChI is InChI=1S/C18H17FN4O/c1-12-17(21-18(24)16-5-3-4-10-20-16)13(2)23(22-12)11-14-6-8-15(19)9-7-14/h3-10H,11H2,1-2H3,(H,21,24). The molecule has 0 atom stereocenters. The maximum atomic E-state index is 13.0. The van der Waals surface area contributed by atoms with Crippen molar-refractivity contribution in [3.63, 3.8) is 0 Å². The zero-order chi connectivity index (χ0) is 17.1. The highest BCUT2D eigenvalue weighted by Gasteiger charge is 2.16. The van der Waals surface area contributed by atoms with E-state index in [4.69, 9.17) is 0 Å². The molecule has 0 aliphatic carbocycles. The van der Waals surface area contributed by atoms with E-state index >= 15 is 0 Å². The lowest BCUT2D eigenvalue weighted by Gasteiger charge is -2.07. The quantitative estimate of drug-likeness (QED) is 0.801. The first-order valence-electron chi connectivity index (χ1n) is 7.55. The summed E-state index contributed by atoms with van der Waals surface area (Å²) in [6.07, 6.45) is 1.58. The van der Waals surface area contributed by atoms with Gasteiger partial charge in [-0.15, -0.1) is 0 Å². The summed E-state index contributed by atoms with van der Waals surface area (Å²) in [5, 5.41) is 7.33. The molecule has 3 aromatic rings. The van der Waals surface area contributed by atoms with Crippen LogP contribution in [0.3, 0.4) is 0 Å². The maximum Gasteiger partial charge on any atom is 0.274 e. The zero-order valence-electron chi connectivity index (χ0n) is 13.5. The van der Waals surface area contributed by atoms with Gasteiger partial charge in [0, 0.05) is 6.20 Å². The minimum absolute atomic E-state index is 0.268. The number of rotatable bonds is 4. The number of pyridine rings is 1. The van der Waals surface area contributed by atoms with E-state index in [9.17, 15) is 9.18 Å². The van der Waals surface area contributed by atoms with E-state index in [-0.39, 0.29) is 11.7 Å². The van der Waals surface area contributed by atoms with Crippen molar-refractivity contribution in [1.29, 1.82) is 0 Å². The molecule has 1 aromatic carbocycles. The summed E-state index contributed by atoms with van der Waals surface area (Å²) < 4.78 is 14.8. The van der Waals surface area contributed by atoms with Crippen LogP contribution < -0.4 is 5.32 Å². The van der Waals surface area contributed by atoms with Gasteiger partial charge in [-0.05, 0) is 43.7 Å². The first kappa shape index (κ1) is 15.9. The SMILES string of the molecule is Cc1nn(Cc2ccc(F)cc2)c(C)c1NC(=O)c1ccccn1. The molecule has 0 saturated heterocycles. The normalized spacial score (nSPS) is 10.6. The van der Waals surface area contributed by atoms with E-state index in [1.807, 2.05) is 13.8 Å². The summed E-state index contributed by atoms with van der Waals surface area (Å²) >= 11 is 0. The number of benzene rings is 1. The number of aryl methyl sites for hydroxylation is 1. The molecule has 0 spiro atoms. The third kappa shape index (κ3) is 3.32. The zero-order valence-corrected chi connectivity index (χ0v) is 13.5. The molecule has 122 valence electrons. The van der Waals surface area contributed by atoms with Crippen molar-refractivity contribution in [3.8, 4) is 0 Å². The molecule has 0 unspecified atom stereocenters. The van der Waals surface area contributed by atoms with Crippen molar-refractivity contribution in [1.82, 2.24) is 14.8 Å². The molecule has 0 saturated carbocycles. The third-order valence-corrected chi connectivity index (χ3v) is 3.76. The number of nitrogens with one attached hydrogen (secondary N) is 1. The second-order valence-corrected chi connectivity index (χ2v) is 5.50. The molecule has 0 aliphatic heterocycles. The van der Waals surface area contributed by atoms with Gasteiger partial charge in [0.25, 0.3) is 5.91 Å². The van der Waals surface area contributed by atoms with Gasteiger partial charge in [-0.3, -0.25) is 14.5 Å². The number of carbonyl (C=O) groups excluding carboxylic acids is 1. The Hall–Kier alpha value is -3.02. The van der Waals surface area contributed by atoms with E-state index in [0.29, 0.717) is 17.9 Å². The Morgan fingerprint density at radius 2 is 1.92 bits per heavy atom. The topological polar surface area (TPSA) is 59.8 Å². The van der Waals surface area contributed by atoms with Crippen LogP contribution in [0.1, 0.15) is 27.4 Å². The van der Waals surface area contributed by atoms with Crippen molar-refractivity contribution in [2.45, 2.75) is 20.4 Å². The first-order chi connectivity index (χ1) is 11.5. The average molecular weight is 324 g/mol. The lowest BCUT2D eigenvalue weighted by atomic mass is 10.2. The average Bonchev–Trinajstić information content (AvgIpc) is 2.85. The number of halogens is 1. The Balaban J connectivity index is 1.81. The molecule has 5 nitrogen and oxygen atoms in total. The van der Waals surface area contributed by atoms with Crippen LogP contribution in [0.15, 0.2) is 48.7 Å². The third-order valence-electron chi connectivity index (χ3n) is 3.76. The summed E-state index contributed by atoms with van der Waals surface area (Å²) in [7, 11) is 0. The van der Waals surface area contributed by atoms with Crippen molar-refractivity contribution < 1.29 is 9.18 Å². The minimum Gasteiger partial charge on any atom is -0.317 e. The van der Waals surface area contributed by atoms with Crippen LogP contribution in [0.4, 0.5) is 10.1 Å². The molecule has 6 heteroatoms. The van der Waals surface area contributed by atoms with Crippen LogP contribution in [0.5, 0.6) is 0 Å². The molecule has 3 rings (SSSR count). The van der Waals surface area contributed by atoms with Gasteiger partial charge in [-0.1, -0.05) is 18.2 Å². The van der Waals surface area contributed by atoms with Gasteiger partial charge in [0.2, 0.25) is 0 Å². The summed E-state index contributed by atoms with van der Waals surface area (Å²) in [5.74, 6) is -0.543. The summed E-state index contributed by atoms with van der Waals surface area (Å²) in [4.78, 5) is 16.3. The van der Waals surface area contributed by atoms with Crippen LogP contribution in [0, 0.1) is 19.7 Å². The molecule has 2 heterocycles. The van der Waals surface area contributed by atoms with Crippen molar-refractivity contribution in [2.24, 2.45) is 0 Å². The molecular formula is C18H17FN4O. The fraction of sp³-hybridized carbons (Fsp3) is 0.167. The van der Waals surface area contributed by atoms with Gasteiger partial charge in [0.1, 0.15) is 11.5 Å². The van der Waals surface area contributed by atoms with Gasteiger partial charge in [-0.2, -0.15) is 5.10 Å². The second-order valence-electron chi connectivity index (χ2n) is 5.50. The number of hydrogen-bond acceptors (Lipinski definition) is 3. The van der Waals surface area contributed by atoms with E-state index in [0.717, 1.165) is 17.0 Å². The predicted octanol–water partition coefficient (Wildman–Crippen LogP) is 3.33. The molecule has 0 aliphatic rings. The van der Waals surface area contributed by atoms with Crippen molar-refractivity contribution in [2.75, 3.05) is 5.32 Å². The van der Waals surface area contributed by atoms with Gasteiger partial charge in [-0.25, -0.2) is 4.39 Å². The molecule has 1 N–H and O–H groups in total. The van der Waals surface area contributed by atoms with E-state index in [1.165, 1.54) is 12.1 Å². The summed E-state index contributed by atoms with van der Waals surface area (Å²) in [5.41, 5.74) is 3.51. The Morgan fingerprint density at radius 1 is 1.17 bits per heavy atom. The number of carbonyl (C=O) groups is 1. The van der Waals surface area contributed by atoms with Crippen LogP contribution in [-0.2, 0) is 6.54 Å². The van der Waals surface area contributed by atoms with Crippen LogP contribution >= 0.6 is 0 Å². The smallest absolute Gasteiger partial charge is 0.274 e. The Kier molecular flexibility index (Phi) is 4.37. The molecule has 1 amide bonds. The Morgan fingerprint density at radius 3 is 2.58 bits per heavy atom. The van der Waals surface area contributed by atoms with E-state index in [2.05, 4.69) is 15.4 Å². The van der Waals surface area contributed by atoms with Crippen molar-refractivity contribution in [3.05, 3.63) is 77.1 Å². The fourth-order valence-corrected chi connectivity index (χ4v) is 2.47. The lowest BCUT2D eigenvalue weighted by molar-refractivity contribution is 0.102. The molecule has 0 fully saturated rings. The lowest BCUT2D eigenvalue weighted by Crippen LogP contribution is -2.14. The molecule has 0 radical (unpaired) electrons. The predicted molar refractivity (Wildman–Crippen MR) is 89.4 cm³/mol. The molecule has 2 aromatic heterocycles. The van der Waals surface area contributed by atoms with Crippen LogP contribution in [0.25, 0.3) is 0 Å². The highest BCUT2D eigenvalue weighted by molar-refractivity contribution is 6.03. The van der Waals surface area contributed by atoms with Crippen LogP contribution in [0.2, 0.25) is 0 Å². The highest BCUT2D eigenvalue weighted by Crippen LogP contribution is 2.21. The van der Waals surface area contributed by atoms with Crippen LogP contribution in [-0.4, -0.2) is 20.7 Å². The Bertz CT molecular complexity index is 857. The van der Waals surface area contributed by atoms with Gasteiger partial charge in [0.15, 0.2) is 0 Å². The number of anilines is 1. The minimum atomic E-state index is -0.275. The Labute approximate surface area is 139 Å². The number of amides is 1. The summed E-state index contributed by atoms with van der Waals surface area (Å²) in [6.45, 7) is 4.23. The molecule has 0 bridgehead atoms. The molecule has 24 heavy (non-hydrogen) atoms. The van der Waals surface area contributed by atoms with Gasteiger partial charge in [0.05, 0.1) is 23.6 Å². The number of aromatic nitrogens is 3. The van der Waals surface area contributed by atoms with E-state index in [1.54, 1.807) is 41.2 Å². The second kappa shape index (κ2) is 6.62. The largest absolute Gasteiger partial charge is 0.317 e. The summed E-state index contributed by atoms with van der Waals surface area (Å²) in [6, 6.07) is 11.5. The van der Waals surface area contributed by atoms with Gasteiger partial charge >= 0.3 is 0 Å². The van der Waals surface area contributed by atoms with Crippen molar-refractivity contribution >= 4 is 11.6 Å². The number of nitrogens with zero attached hydrogens (tertiary/aromatic N) is 3. The monoisotopic (exact) mass is 324 g/mol.